The van der Waals surface area contributed by atoms with Crippen molar-refractivity contribution in [2.45, 2.75) is 26.7 Å². The molecular weight excluding hydrogens is 480 g/mol. The number of aromatic carboxylic acids is 1. The zero-order valence-corrected chi connectivity index (χ0v) is 20.4. The van der Waals surface area contributed by atoms with Gasteiger partial charge in [0.2, 0.25) is 0 Å². The van der Waals surface area contributed by atoms with E-state index >= 15 is 8.78 Å². The van der Waals surface area contributed by atoms with E-state index in [1.54, 1.807) is 55.6 Å². The van der Waals surface area contributed by atoms with Gasteiger partial charge in [0.1, 0.15) is 17.2 Å². The molecule has 0 aliphatic carbocycles. The summed E-state index contributed by atoms with van der Waals surface area (Å²) in [4.78, 5) is 29.9. The van der Waals surface area contributed by atoms with Crippen molar-refractivity contribution in [2.75, 3.05) is 29.5 Å². The van der Waals surface area contributed by atoms with Crippen LogP contribution < -0.4 is 21.8 Å². The van der Waals surface area contributed by atoms with Crippen molar-refractivity contribution in [1.29, 1.82) is 0 Å². The number of carbonyl (C=O) groups is 1. The van der Waals surface area contributed by atoms with Crippen LogP contribution >= 0.6 is 0 Å². The van der Waals surface area contributed by atoms with Crippen molar-refractivity contribution in [3.63, 3.8) is 0 Å². The van der Waals surface area contributed by atoms with E-state index in [0.29, 0.717) is 23.5 Å². The SMILES string of the molecule is CCc1ccccc1-n1c(C(=O)O)c(CC)c(=O)c2c(N)c(F)c(NCCNc3ccccn3)c(F)c21. The number of hydrogen-bond donors (Lipinski definition) is 4. The maximum Gasteiger partial charge on any atom is 0.353 e. The molecule has 0 atom stereocenters. The Morgan fingerprint density at radius 1 is 1.03 bits per heavy atom. The number of benzene rings is 2. The van der Waals surface area contributed by atoms with Gasteiger partial charge in [-0.25, -0.2) is 18.6 Å². The molecule has 2 aromatic heterocycles. The van der Waals surface area contributed by atoms with Gasteiger partial charge >= 0.3 is 5.97 Å². The van der Waals surface area contributed by atoms with E-state index < -0.39 is 34.4 Å². The van der Waals surface area contributed by atoms with Crippen LogP contribution in [0.1, 0.15) is 35.5 Å². The van der Waals surface area contributed by atoms with Crippen LogP contribution in [-0.4, -0.2) is 33.7 Å². The first-order chi connectivity index (χ1) is 17.8. The van der Waals surface area contributed by atoms with Gasteiger partial charge in [-0.1, -0.05) is 38.1 Å². The number of nitrogens with one attached hydrogen (secondary N) is 2. The van der Waals surface area contributed by atoms with Crippen LogP contribution in [0.3, 0.4) is 0 Å². The first-order valence-electron chi connectivity index (χ1n) is 11.9. The fourth-order valence-corrected chi connectivity index (χ4v) is 4.46. The topological polar surface area (TPSA) is 122 Å². The highest BCUT2D eigenvalue weighted by atomic mass is 19.1. The molecular formula is C27H27F2N5O3. The molecule has 0 saturated carbocycles. The lowest BCUT2D eigenvalue weighted by molar-refractivity contribution is 0.0686. The molecule has 0 radical (unpaired) electrons. The summed E-state index contributed by atoms with van der Waals surface area (Å²) in [5.41, 5.74) is 4.42. The van der Waals surface area contributed by atoms with Crippen molar-refractivity contribution in [2.24, 2.45) is 0 Å². The molecule has 5 N–H and O–H groups in total. The highest BCUT2D eigenvalue weighted by Gasteiger charge is 2.29. The molecule has 8 nitrogen and oxygen atoms in total. The van der Waals surface area contributed by atoms with Crippen LogP contribution in [0.5, 0.6) is 0 Å². The molecule has 0 amide bonds. The summed E-state index contributed by atoms with van der Waals surface area (Å²) < 4.78 is 32.7. The molecule has 0 bridgehead atoms. The van der Waals surface area contributed by atoms with E-state index in [-0.39, 0.29) is 41.7 Å². The third kappa shape index (κ3) is 4.57. The Hall–Kier alpha value is -4.47. The number of carboxylic acid groups (broad SMARTS) is 1. The standard InChI is InChI=1S/C27H27F2N5O3/c1-3-15-9-5-6-10-17(15)34-24(27(36)37)16(4-2)26(35)19-22(30)20(28)23(21(29)25(19)34)33-14-13-32-18-11-7-8-12-31-18/h5-12,33H,3-4,13-14,30H2,1-2H3,(H,31,32)(H,36,37). The maximum atomic E-state index is 16.2. The molecule has 0 fully saturated rings. The lowest BCUT2D eigenvalue weighted by Crippen LogP contribution is -2.26. The second-order valence-corrected chi connectivity index (χ2v) is 8.34. The zero-order valence-electron chi connectivity index (χ0n) is 20.4. The van der Waals surface area contributed by atoms with E-state index in [9.17, 15) is 14.7 Å². The van der Waals surface area contributed by atoms with E-state index in [4.69, 9.17) is 5.73 Å². The third-order valence-electron chi connectivity index (χ3n) is 6.19. The van der Waals surface area contributed by atoms with Crippen LogP contribution in [0.25, 0.3) is 16.6 Å². The van der Waals surface area contributed by atoms with Gasteiger partial charge < -0.3 is 21.5 Å². The fraction of sp³-hybridized carbons (Fsp3) is 0.222. The normalized spacial score (nSPS) is 11.0. The first kappa shape index (κ1) is 25.6. The van der Waals surface area contributed by atoms with Crippen molar-refractivity contribution >= 4 is 34.1 Å². The average Bonchev–Trinajstić information content (AvgIpc) is 2.91. The van der Waals surface area contributed by atoms with Crippen LogP contribution in [0.4, 0.5) is 26.0 Å². The number of anilines is 3. The Labute approximate surface area is 211 Å². The van der Waals surface area contributed by atoms with Crippen LogP contribution in [0.2, 0.25) is 0 Å². The Morgan fingerprint density at radius 2 is 1.73 bits per heavy atom. The molecule has 0 unspecified atom stereocenters. The molecule has 0 saturated heterocycles. The summed E-state index contributed by atoms with van der Waals surface area (Å²) in [6, 6.07) is 12.2. The zero-order chi connectivity index (χ0) is 26.7. The van der Waals surface area contributed by atoms with E-state index in [1.807, 2.05) is 6.92 Å². The van der Waals surface area contributed by atoms with Gasteiger partial charge in [0.25, 0.3) is 0 Å². The molecule has 4 aromatic rings. The van der Waals surface area contributed by atoms with Gasteiger partial charge in [0.05, 0.1) is 16.6 Å². The quantitative estimate of drug-likeness (QED) is 0.193. The predicted octanol–water partition coefficient (Wildman–Crippen LogP) is 4.59. The number of rotatable bonds is 9. The lowest BCUT2D eigenvalue weighted by atomic mass is 10.0. The van der Waals surface area contributed by atoms with Gasteiger partial charge in [-0.05, 0) is 36.6 Å². The monoisotopic (exact) mass is 507 g/mol. The van der Waals surface area contributed by atoms with E-state index in [0.717, 1.165) is 0 Å². The fourth-order valence-electron chi connectivity index (χ4n) is 4.46. The van der Waals surface area contributed by atoms with Crippen LogP contribution in [-0.2, 0) is 12.8 Å². The second kappa shape index (κ2) is 10.7. The molecule has 4 rings (SSSR count). The van der Waals surface area contributed by atoms with Crippen LogP contribution in [0, 0.1) is 11.6 Å². The smallest absolute Gasteiger partial charge is 0.353 e. The number of fused-ring (bicyclic) bond motifs is 1. The summed E-state index contributed by atoms with van der Waals surface area (Å²) in [6.07, 6.45) is 2.15. The number of nitrogens with two attached hydrogens (primary N) is 1. The number of nitrogens with zero attached hydrogens (tertiary/aromatic N) is 2. The van der Waals surface area contributed by atoms with Crippen LogP contribution in [0.15, 0.2) is 53.5 Å². The van der Waals surface area contributed by atoms with Crippen molar-refractivity contribution in [3.05, 3.63) is 87.3 Å². The number of para-hydroxylation sites is 1. The highest BCUT2D eigenvalue weighted by Crippen LogP contribution is 2.36. The van der Waals surface area contributed by atoms with Gasteiger partial charge in [0.15, 0.2) is 17.1 Å². The van der Waals surface area contributed by atoms with Crippen molar-refractivity contribution < 1.29 is 18.7 Å². The first-order valence-corrected chi connectivity index (χ1v) is 11.9. The minimum Gasteiger partial charge on any atom is -0.477 e. The Bertz CT molecular complexity index is 1540. The predicted molar refractivity (Wildman–Crippen MR) is 141 cm³/mol. The van der Waals surface area contributed by atoms with Crippen molar-refractivity contribution in [1.82, 2.24) is 9.55 Å². The Kier molecular flexibility index (Phi) is 7.37. The number of aromatic nitrogens is 2. The number of hydrogen-bond acceptors (Lipinski definition) is 6. The van der Waals surface area contributed by atoms with E-state index in [1.165, 1.54) is 4.57 Å². The number of carboxylic acids is 1. The summed E-state index contributed by atoms with van der Waals surface area (Å²) in [5.74, 6) is -3.03. The molecule has 0 aliphatic heterocycles. The third-order valence-corrected chi connectivity index (χ3v) is 6.19. The number of nitrogen functional groups attached to an aromatic ring is 1. The minimum absolute atomic E-state index is 0.0343. The summed E-state index contributed by atoms with van der Waals surface area (Å²) in [6.45, 7) is 3.84. The lowest BCUT2D eigenvalue weighted by Gasteiger charge is -2.23. The van der Waals surface area contributed by atoms with Gasteiger partial charge in [-0.3, -0.25) is 9.36 Å². The summed E-state index contributed by atoms with van der Waals surface area (Å²) >= 11 is 0. The average molecular weight is 508 g/mol. The number of pyridine rings is 2. The number of halogens is 2. The molecule has 0 aliphatic rings. The molecule has 0 spiro atoms. The van der Waals surface area contributed by atoms with Gasteiger partial charge in [-0.2, -0.15) is 0 Å². The highest BCUT2D eigenvalue weighted by molar-refractivity contribution is 6.00. The number of aryl methyl sites for hydroxylation is 1. The molecule has 37 heavy (non-hydrogen) atoms. The van der Waals surface area contributed by atoms with E-state index in [2.05, 4.69) is 15.6 Å². The Balaban J connectivity index is 1.96. The molecule has 10 heteroatoms. The molecule has 192 valence electrons. The largest absolute Gasteiger partial charge is 0.477 e. The molecule has 2 aromatic carbocycles. The molecule has 2 heterocycles. The van der Waals surface area contributed by atoms with Gasteiger partial charge in [-0.15, -0.1) is 0 Å². The Morgan fingerprint density at radius 3 is 2.38 bits per heavy atom. The second-order valence-electron chi connectivity index (χ2n) is 8.34. The summed E-state index contributed by atoms with van der Waals surface area (Å²) in [7, 11) is 0. The van der Waals surface area contributed by atoms with Gasteiger partial charge in [0, 0.05) is 30.5 Å². The minimum atomic E-state index is -1.40. The maximum absolute atomic E-state index is 16.2. The summed E-state index contributed by atoms with van der Waals surface area (Å²) in [5, 5.41) is 15.5. The van der Waals surface area contributed by atoms with Crippen molar-refractivity contribution in [3.8, 4) is 5.69 Å².